The maximum absolute atomic E-state index is 13.4. The third kappa shape index (κ3) is 3.30. The van der Waals surface area contributed by atoms with Crippen molar-refractivity contribution in [3.05, 3.63) is 52.6 Å². The summed E-state index contributed by atoms with van der Waals surface area (Å²) < 4.78 is 21.0. The Morgan fingerprint density at radius 3 is 2.53 bits per heavy atom. The molecule has 160 valence electrons. The molecule has 1 atom stereocenters. The Labute approximate surface area is 173 Å². The fourth-order valence-electron chi connectivity index (χ4n) is 3.71. The number of hydrogen-bond donors (Lipinski definition) is 2. The van der Waals surface area contributed by atoms with E-state index >= 15 is 0 Å². The second-order valence-corrected chi connectivity index (χ2v) is 7.10. The number of rotatable bonds is 6. The molecule has 9 nitrogen and oxygen atoms in total. The van der Waals surface area contributed by atoms with E-state index in [1.165, 1.54) is 14.0 Å². The predicted molar refractivity (Wildman–Crippen MR) is 106 cm³/mol. The molecular weight excluding hydrogens is 392 g/mol. The quantitative estimate of drug-likeness (QED) is 0.528. The number of nitrogens with two attached hydrogens (primary N) is 1. The van der Waals surface area contributed by atoms with Crippen LogP contribution in [0.4, 0.5) is 5.69 Å². The summed E-state index contributed by atoms with van der Waals surface area (Å²) in [4.78, 5) is 39.6. The number of methoxy groups -OCH3 is 1. The zero-order valence-electron chi connectivity index (χ0n) is 17.2. The first kappa shape index (κ1) is 21.4. The van der Waals surface area contributed by atoms with Crippen LogP contribution in [0.15, 0.2) is 47.1 Å². The van der Waals surface area contributed by atoms with E-state index < -0.39 is 29.4 Å². The summed E-state index contributed by atoms with van der Waals surface area (Å²) in [7, 11) is 1.46. The zero-order valence-corrected chi connectivity index (χ0v) is 17.2. The molecule has 1 spiro atoms. The molecule has 0 fully saturated rings. The number of para-hydroxylation sites is 1. The number of nitrogens with one attached hydrogen (secondary N) is 1. The third-order valence-corrected chi connectivity index (χ3v) is 4.80. The monoisotopic (exact) mass is 416 g/mol. The summed E-state index contributed by atoms with van der Waals surface area (Å²) in [5.74, 6) is -2.55. The highest BCUT2D eigenvalue weighted by molar-refractivity contribution is 6.21. The van der Waals surface area contributed by atoms with Crippen molar-refractivity contribution >= 4 is 23.5 Å². The molecule has 1 aromatic carbocycles. The molecular formula is C21H24N2O7. The van der Waals surface area contributed by atoms with Crippen molar-refractivity contribution in [3.8, 4) is 0 Å². The van der Waals surface area contributed by atoms with Crippen LogP contribution in [-0.4, -0.2) is 44.3 Å². The van der Waals surface area contributed by atoms with Crippen molar-refractivity contribution in [1.29, 1.82) is 0 Å². The number of carbonyl (C=O) groups is 3. The zero-order chi connectivity index (χ0) is 22.1. The summed E-state index contributed by atoms with van der Waals surface area (Å²) in [6.45, 7) is 4.92. The first-order valence-electron chi connectivity index (χ1n) is 9.42. The minimum Gasteiger partial charge on any atom is -0.460 e. The molecule has 1 aromatic rings. The number of amides is 1. The van der Waals surface area contributed by atoms with Crippen LogP contribution < -0.4 is 11.1 Å². The molecule has 2 heterocycles. The average molecular weight is 416 g/mol. The van der Waals surface area contributed by atoms with Gasteiger partial charge in [-0.25, -0.2) is 9.59 Å². The highest BCUT2D eigenvalue weighted by Gasteiger charge is 2.61. The minimum atomic E-state index is -1.86. The summed E-state index contributed by atoms with van der Waals surface area (Å²) in [6.07, 6.45) is -0.463. The SMILES string of the molecule is COCCOC(=O)C1=C(N)OC(C)=C(C(=O)OC(C)C)[C@]12C(=O)Nc1ccccc12. The van der Waals surface area contributed by atoms with Gasteiger partial charge in [0.25, 0.3) is 0 Å². The number of fused-ring (bicyclic) bond motifs is 2. The Balaban J connectivity index is 2.25. The highest BCUT2D eigenvalue weighted by Crippen LogP contribution is 2.52. The van der Waals surface area contributed by atoms with E-state index in [4.69, 9.17) is 24.7 Å². The molecule has 2 aliphatic heterocycles. The molecule has 0 saturated carbocycles. The topological polar surface area (TPSA) is 126 Å². The number of allylic oxidation sites excluding steroid dienone is 1. The van der Waals surface area contributed by atoms with Gasteiger partial charge in [-0.05, 0) is 26.8 Å². The molecule has 9 heteroatoms. The molecule has 0 radical (unpaired) electrons. The first-order chi connectivity index (χ1) is 14.2. The van der Waals surface area contributed by atoms with Gasteiger partial charge >= 0.3 is 11.9 Å². The summed E-state index contributed by atoms with van der Waals surface area (Å²) >= 11 is 0. The molecule has 0 unspecified atom stereocenters. The Hall–Kier alpha value is -3.33. The maximum Gasteiger partial charge on any atom is 0.341 e. The van der Waals surface area contributed by atoms with Gasteiger partial charge in [0.1, 0.15) is 28.9 Å². The summed E-state index contributed by atoms with van der Waals surface area (Å²) in [5, 5.41) is 2.73. The van der Waals surface area contributed by atoms with Crippen LogP contribution in [0.1, 0.15) is 26.3 Å². The lowest BCUT2D eigenvalue weighted by Gasteiger charge is -2.35. The van der Waals surface area contributed by atoms with Crippen molar-refractivity contribution in [3.63, 3.8) is 0 Å². The molecule has 1 amide bonds. The van der Waals surface area contributed by atoms with E-state index in [2.05, 4.69) is 5.32 Å². The van der Waals surface area contributed by atoms with Gasteiger partial charge in [-0.1, -0.05) is 18.2 Å². The van der Waals surface area contributed by atoms with Crippen LogP contribution in [0.25, 0.3) is 0 Å². The second-order valence-electron chi connectivity index (χ2n) is 7.10. The van der Waals surface area contributed by atoms with Gasteiger partial charge in [-0.3, -0.25) is 4.79 Å². The fourth-order valence-corrected chi connectivity index (χ4v) is 3.71. The first-order valence-corrected chi connectivity index (χ1v) is 9.42. The smallest absolute Gasteiger partial charge is 0.341 e. The van der Waals surface area contributed by atoms with Crippen molar-refractivity contribution in [2.45, 2.75) is 32.3 Å². The van der Waals surface area contributed by atoms with Gasteiger partial charge < -0.3 is 30.0 Å². The summed E-state index contributed by atoms with van der Waals surface area (Å²) in [5.41, 5.74) is 4.65. The van der Waals surface area contributed by atoms with Gasteiger partial charge in [-0.15, -0.1) is 0 Å². The van der Waals surface area contributed by atoms with Gasteiger partial charge in [0.2, 0.25) is 11.8 Å². The number of hydrogen-bond acceptors (Lipinski definition) is 8. The largest absolute Gasteiger partial charge is 0.460 e. The van der Waals surface area contributed by atoms with Gasteiger partial charge in [0, 0.05) is 18.4 Å². The molecule has 0 bridgehead atoms. The lowest BCUT2D eigenvalue weighted by molar-refractivity contribution is -0.146. The van der Waals surface area contributed by atoms with Crippen LogP contribution >= 0.6 is 0 Å². The van der Waals surface area contributed by atoms with E-state index in [-0.39, 0.29) is 36.0 Å². The van der Waals surface area contributed by atoms with Crippen LogP contribution in [0, 0.1) is 0 Å². The number of benzene rings is 1. The standard InChI is InChI=1S/C21H24N2O7/c1-11(2)29-19(25)15-12(3)30-17(22)16(18(24)28-10-9-27-4)21(15)13-7-5-6-8-14(13)23-20(21)26/h5-8,11H,9-10,22H2,1-4H3,(H,23,26)/t21-/m0/s1. The van der Waals surface area contributed by atoms with Crippen LogP contribution in [0.5, 0.6) is 0 Å². The minimum absolute atomic E-state index is 0.0680. The lowest BCUT2D eigenvalue weighted by atomic mass is 9.67. The Kier molecular flexibility index (Phi) is 5.84. The number of ether oxygens (including phenoxy) is 4. The predicted octanol–water partition coefficient (Wildman–Crippen LogP) is 1.49. The van der Waals surface area contributed by atoms with Crippen LogP contribution in [0.2, 0.25) is 0 Å². The molecule has 0 aliphatic carbocycles. The van der Waals surface area contributed by atoms with Crippen LogP contribution in [0.3, 0.4) is 0 Å². The number of carbonyl (C=O) groups excluding carboxylic acids is 3. The maximum atomic E-state index is 13.4. The number of anilines is 1. The molecule has 2 aliphatic rings. The average Bonchev–Trinajstić information content (AvgIpc) is 2.93. The van der Waals surface area contributed by atoms with Gasteiger partial charge in [0.15, 0.2) is 0 Å². The van der Waals surface area contributed by atoms with Crippen molar-refractivity contribution in [1.82, 2.24) is 0 Å². The van der Waals surface area contributed by atoms with Crippen molar-refractivity contribution in [2.75, 3.05) is 25.6 Å². The number of esters is 2. The normalized spacial score (nSPS) is 20.2. The molecule has 30 heavy (non-hydrogen) atoms. The van der Waals surface area contributed by atoms with Crippen molar-refractivity contribution < 1.29 is 33.3 Å². The Morgan fingerprint density at radius 2 is 1.87 bits per heavy atom. The van der Waals surface area contributed by atoms with E-state index in [9.17, 15) is 14.4 Å². The molecule has 3 rings (SSSR count). The Morgan fingerprint density at radius 1 is 1.17 bits per heavy atom. The van der Waals surface area contributed by atoms with Gasteiger partial charge in [0.05, 0.1) is 12.7 Å². The molecule has 0 aromatic heterocycles. The van der Waals surface area contributed by atoms with Crippen molar-refractivity contribution in [2.24, 2.45) is 5.73 Å². The van der Waals surface area contributed by atoms with E-state index in [0.717, 1.165) is 0 Å². The van der Waals surface area contributed by atoms with E-state index in [0.29, 0.717) is 11.3 Å². The van der Waals surface area contributed by atoms with Crippen LogP contribution in [-0.2, 0) is 38.7 Å². The molecule has 0 saturated heterocycles. The fraction of sp³-hybridized carbons (Fsp3) is 0.381. The molecule has 3 N–H and O–H groups in total. The van der Waals surface area contributed by atoms with Gasteiger partial charge in [-0.2, -0.15) is 0 Å². The lowest BCUT2D eigenvalue weighted by Crippen LogP contribution is -2.48. The third-order valence-electron chi connectivity index (χ3n) is 4.80. The highest BCUT2D eigenvalue weighted by atomic mass is 16.6. The Bertz CT molecular complexity index is 964. The second kappa shape index (κ2) is 8.19. The van der Waals surface area contributed by atoms with E-state index in [1.54, 1.807) is 38.1 Å². The summed E-state index contributed by atoms with van der Waals surface area (Å²) in [6, 6.07) is 6.73. The van der Waals surface area contributed by atoms with E-state index in [1.807, 2.05) is 0 Å².